The van der Waals surface area contributed by atoms with Gasteiger partial charge in [0.1, 0.15) is 5.76 Å². The molecule has 1 aromatic carbocycles. The Morgan fingerprint density at radius 2 is 1.91 bits per heavy atom. The Labute approximate surface area is 200 Å². The second kappa shape index (κ2) is 9.60. The molecule has 35 heavy (non-hydrogen) atoms. The number of carbonyl (C=O) groups excluding carboxylic acids is 2. The first-order chi connectivity index (χ1) is 16.6. The molecule has 2 aromatic rings. The van der Waals surface area contributed by atoms with Gasteiger partial charge in [-0.2, -0.15) is 18.4 Å². The molecule has 0 aliphatic carbocycles. The number of aromatic nitrogens is 1. The number of nitriles is 1. The first-order valence-electron chi connectivity index (χ1n) is 11.4. The third-order valence-corrected chi connectivity index (χ3v) is 7.02. The molecule has 2 fully saturated rings. The van der Waals surface area contributed by atoms with Gasteiger partial charge >= 0.3 is 6.18 Å². The van der Waals surface area contributed by atoms with E-state index in [4.69, 9.17) is 9.78 Å². The van der Waals surface area contributed by atoms with E-state index in [0.29, 0.717) is 43.9 Å². The number of anilines is 1. The molecule has 0 unspecified atom stereocenters. The van der Waals surface area contributed by atoms with Crippen molar-refractivity contribution in [1.82, 2.24) is 15.4 Å². The zero-order valence-electron chi connectivity index (χ0n) is 19.4. The first kappa shape index (κ1) is 24.6. The molecule has 1 N–H and O–H groups in total. The highest BCUT2D eigenvalue weighted by Gasteiger charge is 2.43. The van der Waals surface area contributed by atoms with Crippen molar-refractivity contribution in [2.24, 2.45) is 17.8 Å². The smallest absolute Gasteiger partial charge is 0.370 e. The number of hydrogen-bond acceptors (Lipinski definition) is 6. The van der Waals surface area contributed by atoms with Crippen LogP contribution in [0.15, 0.2) is 28.8 Å². The predicted octanol–water partition coefficient (Wildman–Crippen LogP) is 3.22. The molecule has 2 aliphatic heterocycles. The molecule has 11 heteroatoms. The lowest BCUT2D eigenvalue weighted by molar-refractivity contribution is -0.137. The number of hydrogen-bond donors (Lipinski definition) is 1. The minimum atomic E-state index is -4.65. The standard InChI is InChI=1S/C24H26F3N5O3/c1-14-9-21(30-35-14)23(34)31-7-5-15(6-8-31)18-12-32(13-19(18)22(33)29-2)17-4-3-16(11-28)20(10-17)24(25,26)27/h3-4,9-10,15,18-19H,5-8,12-13H2,1-2H3,(H,29,33)/t18-,19+/m0/s1. The second-order valence-electron chi connectivity index (χ2n) is 9.08. The number of alkyl halides is 3. The molecule has 186 valence electrons. The van der Waals surface area contributed by atoms with Crippen molar-refractivity contribution in [2.75, 3.05) is 38.1 Å². The largest absolute Gasteiger partial charge is 0.417 e. The summed E-state index contributed by atoms with van der Waals surface area (Å²) in [5.74, 6) is -0.140. The minimum Gasteiger partial charge on any atom is -0.370 e. The van der Waals surface area contributed by atoms with Crippen LogP contribution >= 0.6 is 0 Å². The van der Waals surface area contributed by atoms with Crippen LogP contribution in [0, 0.1) is 36.0 Å². The number of likely N-dealkylation sites (tertiary alicyclic amines) is 1. The second-order valence-corrected chi connectivity index (χ2v) is 9.08. The summed E-state index contributed by atoms with van der Waals surface area (Å²) >= 11 is 0. The van der Waals surface area contributed by atoms with Gasteiger partial charge in [0.15, 0.2) is 5.69 Å². The molecule has 2 aliphatic rings. The molecule has 1 aromatic heterocycles. The molecule has 2 saturated heterocycles. The Kier molecular flexibility index (Phi) is 6.74. The lowest BCUT2D eigenvalue weighted by Crippen LogP contribution is -2.43. The summed E-state index contributed by atoms with van der Waals surface area (Å²) in [7, 11) is 1.55. The zero-order valence-corrected chi connectivity index (χ0v) is 19.4. The van der Waals surface area contributed by atoms with Crippen LogP contribution in [0.5, 0.6) is 0 Å². The Morgan fingerprint density at radius 1 is 1.20 bits per heavy atom. The number of carbonyl (C=O) groups is 2. The average Bonchev–Trinajstić information content (AvgIpc) is 3.49. The van der Waals surface area contributed by atoms with E-state index in [9.17, 15) is 22.8 Å². The summed E-state index contributed by atoms with van der Waals surface area (Å²) in [5, 5.41) is 15.5. The average molecular weight is 489 g/mol. The number of amides is 2. The monoisotopic (exact) mass is 489 g/mol. The van der Waals surface area contributed by atoms with Crippen LogP contribution in [0.4, 0.5) is 18.9 Å². The molecule has 0 bridgehead atoms. The highest BCUT2D eigenvalue weighted by atomic mass is 19.4. The number of halogens is 3. The molecule has 3 heterocycles. The van der Waals surface area contributed by atoms with Gasteiger partial charge in [-0.1, -0.05) is 5.16 Å². The highest BCUT2D eigenvalue weighted by Crippen LogP contribution is 2.40. The number of piperidine rings is 1. The normalized spacial score (nSPS) is 21.1. The molecule has 8 nitrogen and oxygen atoms in total. The van der Waals surface area contributed by atoms with Crippen molar-refractivity contribution in [3.8, 4) is 6.07 Å². The van der Waals surface area contributed by atoms with Crippen molar-refractivity contribution in [3.63, 3.8) is 0 Å². The van der Waals surface area contributed by atoms with Crippen molar-refractivity contribution >= 4 is 17.5 Å². The summed E-state index contributed by atoms with van der Waals surface area (Å²) in [6, 6.07) is 6.86. The van der Waals surface area contributed by atoms with Crippen molar-refractivity contribution < 1.29 is 27.3 Å². The molecular weight excluding hydrogens is 463 g/mol. The van der Waals surface area contributed by atoms with Crippen LogP contribution in [-0.2, 0) is 11.0 Å². The molecule has 0 radical (unpaired) electrons. The van der Waals surface area contributed by atoms with Gasteiger partial charge in [-0.25, -0.2) is 0 Å². The van der Waals surface area contributed by atoms with Gasteiger partial charge in [-0.15, -0.1) is 0 Å². The van der Waals surface area contributed by atoms with Gasteiger partial charge in [0.05, 0.1) is 23.1 Å². The maximum absolute atomic E-state index is 13.5. The van der Waals surface area contributed by atoms with Gasteiger partial charge in [0, 0.05) is 45.0 Å². The van der Waals surface area contributed by atoms with Gasteiger partial charge in [0.25, 0.3) is 5.91 Å². The quantitative estimate of drug-likeness (QED) is 0.708. The predicted molar refractivity (Wildman–Crippen MR) is 119 cm³/mol. The summed E-state index contributed by atoms with van der Waals surface area (Å²) in [6.07, 6.45) is -3.30. The fourth-order valence-electron chi connectivity index (χ4n) is 5.20. The minimum absolute atomic E-state index is 0.0773. The Bertz CT molecular complexity index is 1150. The maximum Gasteiger partial charge on any atom is 0.417 e. The number of rotatable bonds is 4. The number of nitrogens with zero attached hydrogens (tertiary/aromatic N) is 4. The topological polar surface area (TPSA) is 102 Å². The van der Waals surface area contributed by atoms with E-state index >= 15 is 0 Å². The van der Waals surface area contributed by atoms with Crippen LogP contribution in [0.2, 0.25) is 0 Å². The zero-order chi connectivity index (χ0) is 25.3. The Morgan fingerprint density at radius 3 is 2.49 bits per heavy atom. The first-order valence-corrected chi connectivity index (χ1v) is 11.4. The molecule has 0 saturated carbocycles. The van der Waals surface area contributed by atoms with Crippen LogP contribution in [0.25, 0.3) is 0 Å². The van der Waals surface area contributed by atoms with Crippen LogP contribution in [0.3, 0.4) is 0 Å². The van der Waals surface area contributed by atoms with E-state index in [1.54, 1.807) is 35.9 Å². The number of benzene rings is 1. The summed E-state index contributed by atoms with van der Waals surface area (Å²) in [6.45, 7) is 3.42. The highest BCUT2D eigenvalue weighted by molar-refractivity contribution is 5.92. The molecule has 2 amide bonds. The Balaban J connectivity index is 1.50. The van der Waals surface area contributed by atoms with Gasteiger partial charge < -0.3 is 19.6 Å². The SMILES string of the molecule is CNC(=O)[C@@H]1CN(c2ccc(C#N)c(C(F)(F)F)c2)C[C@H]1C1CCN(C(=O)c2cc(C)on2)CC1. The van der Waals surface area contributed by atoms with Crippen LogP contribution in [0.1, 0.15) is 40.2 Å². The van der Waals surface area contributed by atoms with E-state index < -0.39 is 23.2 Å². The van der Waals surface area contributed by atoms with Gasteiger partial charge in [-0.3, -0.25) is 9.59 Å². The van der Waals surface area contributed by atoms with E-state index in [-0.39, 0.29) is 35.9 Å². The lowest BCUT2D eigenvalue weighted by Gasteiger charge is -2.36. The van der Waals surface area contributed by atoms with Gasteiger partial charge in [-0.05, 0) is 49.8 Å². The molecule has 4 rings (SSSR count). The fourth-order valence-corrected chi connectivity index (χ4v) is 5.20. The molecular formula is C24H26F3N5O3. The molecule has 0 spiro atoms. The fraction of sp³-hybridized carbons (Fsp3) is 0.500. The van der Waals surface area contributed by atoms with E-state index in [0.717, 1.165) is 6.07 Å². The number of aryl methyl sites for hydroxylation is 1. The van der Waals surface area contributed by atoms with Gasteiger partial charge in [0.2, 0.25) is 5.91 Å². The Hall–Kier alpha value is -3.55. The third-order valence-electron chi connectivity index (χ3n) is 7.02. The number of nitrogens with one attached hydrogen (secondary N) is 1. The van der Waals surface area contributed by atoms with Crippen LogP contribution < -0.4 is 10.2 Å². The molecule has 2 atom stereocenters. The third kappa shape index (κ3) is 4.97. The lowest BCUT2D eigenvalue weighted by atomic mass is 9.78. The summed E-state index contributed by atoms with van der Waals surface area (Å²) < 4.78 is 45.4. The maximum atomic E-state index is 13.5. The summed E-state index contributed by atoms with van der Waals surface area (Å²) in [5.41, 5.74) is -0.814. The van der Waals surface area contributed by atoms with Crippen molar-refractivity contribution in [1.29, 1.82) is 5.26 Å². The van der Waals surface area contributed by atoms with Crippen molar-refractivity contribution in [2.45, 2.75) is 25.9 Å². The van der Waals surface area contributed by atoms with Crippen molar-refractivity contribution in [3.05, 3.63) is 46.8 Å². The van der Waals surface area contributed by atoms with Crippen LogP contribution in [-0.4, -0.2) is 55.1 Å². The van der Waals surface area contributed by atoms with E-state index in [1.165, 1.54) is 12.1 Å². The summed E-state index contributed by atoms with van der Waals surface area (Å²) in [4.78, 5) is 28.9. The van der Waals surface area contributed by atoms with E-state index in [2.05, 4.69) is 10.5 Å². The van der Waals surface area contributed by atoms with E-state index in [1.807, 2.05) is 0 Å².